The summed E-state index contributed by atoms with van der Waals surface area (Å²) >= 11 is 0. The number of nitrogens with one attached hydrogen (secondary N) is 2. The van der Waals surface area contributed by atoms with Gasteiger partial charge in [-0.15, -0.1) is 0 Å². The van der Waals surface area contributed by atoms with Gasteiger partial charge in [0.25, 0.3) is 0 Å². The Labute approximate surface area is 158 Å². The lowest BCUT2D eigenvalue weighted by Gasteiger charge is -2.33. The molecule has 7 heteroatoms. The molecule has 0 atom stereocenters. The molecule has 27 heavy (non-hydrogen) atoms. The van der Waals surface area contributed by atoms with Gasteiger partial charge < -0.3 is 10.6 Å². The van der Waals surface area contributed by atoms with Crippen LogP contribution in [0, 0.1) is 0 Å². The third-order valence-corrected chi connectivity index (χ3v) is 5.52. The van der Waals surface area contributed by atoms with Gasteiger partial charge in [0.15, 0.2) is 0 Å². The Kier molecular flexibility index (Phi) is 6.63. The second-order valence-corrected chi connectivity index (χ2v) is 7.70. The molecule has 4 nitrogen and oxygen atoms in total. The third-order valence-electron chi connectivity index (χ3n) is 5.52. The summed E-state index contributed by atoms with van der Waals surface area (Å²) in [5.41, 5.74) is 0.0715. The van der Waals surface area contributed by atoms with E-state index < -0.39 is 11.7 Å². The van der Waals surface area contributed by atoms with Gasteiger partial charge in [0.2, 0.25) is 0 Å². The van der Waals surface area contributed by atoms with Crippen molar-refractivity contribution in [2.75, 3.05) is 13.1 Å². The number of hydrogen-bond acceptors (Lipinski definition) is 2. The van der Waals surface area contributed by atoms with Crippen molar-refractivity contribution in [2.45, 2.75) is 69.8 Å². The van der Waals surface area contributed by atoms with Gasteiger partial charge in [-0.3, -0.25) is 4.90 Å². The van der Waals surface area contributed by atoms with Crippen molar-refractivity contribution in [2.24, 2.45) is 0 Å². The topological polar surface area (TPSA) is 44.4 Å². The number of alkyl halides is 3. The molecule has 0 radical (unpaired) electrons. The molecule has 0 aromatic heterocycles. The summed E-state index contributed by atoms with van der Waals surface area (Å²) in [5, 5.41) is 6.12. The highest BCUT2D eigenvalue weighted by atomic mass is 19.4. The van der Waals surface area contributed by atoms with E-state index in [2.05, 4.69) is 15.5 Å². The number of hydrogen-bond donors (Lipinski definition) is 2. The Morgan fingerprint density at radius 2 is 1.63 bits per heavy atom. The van der Waals surface area contributed by atoms with Crippen LogP contribution in [0.3, 0.4) is 0 Å². The van der Waals surface area contributed by atoms with Crippen LogP contribution < -0.4 is 10.6 Å². The van der Waals surface area contributed by atoms with E-state index in [1.165, 1.54) is 31.4 Å². The van der Waals surface area contributed by atoms with E-state index >= 15 is 0 Å². The van der Waals surface area contributed by atoms with Crippen molar-refractivity contribution >= 4 is 6.03 Å². The average molecular weight is 383 g/mol. The van der Waals surface area contributed by atoms with E-state index in [9.17, 15) is 18.0 Å². The van der Waals surface area contributed by atoms with Crippen LogP contribution in [-0.4, -0.2) is 36.1 Å². The van der Waals surface area contributed by atoms with Crippen LogP contribution in [0.4, 0.5) is 18.0 Å². The summed E-state index contributed by atoms with van der Waals surface area (Å²) in [5.74, 6) is 0. The Morgan fingerprint density at radius 3 is 2.26 bits per heavy atom. The molecule has 1 aliphatic heterocycles. The molecular formula is C20H28F3N3O. The van der Waals surface area contributed by atoms with Crippen molar-refractivity contribution in [3.05, 3.63) is 35.4 Å². The zero-order chi connectivity index (χ0) is 19.3. The average Bonchev–Trinajstić information content (AvgIpc) is 2.64. The molecule has 0 unspecified atom stereocenters. The monoisotopic (exact) mass is 383 g/mol. The zero-order valence-corrected chi connectivity index (χ0v) is 15.5. The smallest absolute Gasteiger partial charge is 0.335 e. The lowest BCUT2D eigenvalue weighted by Crippen LogP contribution is -2.50. The normalized spacial score (nSPS) is 20.4. The first-order chi connectivity index (χ1) is 12.9. The predicted molar refractivity (Wildman–Crippen MR) is 98.3 cm³/mol. The lowest BCUT2D eigenvalue weighted by atomic mass is 9.96. The maximum atomic E-state index is 12.8. The molecule has 150 valence electrons. The van der Waals surface area contributed by atoms with Gasteiger partial charge in [-0.1, -0.05) is 37.5 Å². The molecule has 2 amide bonds. The van der Waals surface area contributed by atoms with Crippen LogP contribution in [0.1, 0.15) is 56.1 Å². The first-order valence-electron chi connectivity index (χ1n) is 9.86. The standard InChI is InChI=1S/C20H28F3N3O/c21-20(22,23)16-6-4-5-15(13-16)14-26-11-9-18(10-12-26)25-19(27)24-17-7-2-1-3-8-17/h4-6,13,17-18H,1-3,7-12,14H2,(H2,24,25,27). The molecule has 2 N–H and O–H groups in total. The number of rotatable bonds is 4. The first-order valence-corrected chi connectivity index (χ1v) is 9.86. The first kappa shape index (κ1) is 20.0. The summed E-state index contributed by atoms with van der Waals surface area (Å²) < 4.78 is 38.5. The van der Waals surface area contributed by atoms with Crippen molar-refractivity contribution in [1.82, 2.24) is 15.5 Å². The van der Waals surface area contributed by atoms with E-state index in [-0.39, 0.29) is 12.1 Å². The quantitative estimate of drug-likeness (QED) is 0.814. The number of nitrogens with zero attached hydrogens (tertiary/aromatic N) is 1. The molecule has 0 bridgehead atoms. The molecule has 3 rings (SSSR count). The summed E-state index contributed by atoms with van der Waals surface area (Å²) in [4.78, 5) is 14.3. The van der Waals surface area contributed by atoms with E-state index in [1.807, 2.05) is 0 Å². The van der Waals surface area contributed by atoms with Gasteiger partial charge in [-0.05, 0) is 37.3 Å². The van der Waals surface area contributed by atoms with Gasteiger partial charge in [0.05, 0.1) is 5.56 Å². The molecule has 2 aliphatic rings. The molecule has 1 aromatic carbocycles. The second kappa shape index (κ2) is 8.95. The Morgan fingerprint density at radius 1 is 1.00 bits per heavy atom. The number of amides is 2. The fraction of sp³-hybridized carbons (Fsp3) is 0.650. The number of carbonyl (C=O) groups is 1. The lowest BCUT2D eigenvalue weighted by molar-refractivity contribution is -0.137. The number of urea groups is 1. The number of piperidine rings is 1. The molecule has 1 aromatic rings. The largest absolute Gasteiger partial charge is 0.416 e. The van der Waals surface area contributed by atoms with E-state index in [0.717, 1.165) is 44.8 Å². The summed E-state index contributed by atoms with van der Waals surface area (Å²) in [6.45, 7) is 2.04. The molecule has 0 spiro atoms. The van der Waals surface area contributed by atoms with Gasteiger partial charge in [0, 0.05) is 31.7 Å². The molecular weight excluding hydrogens is 355 g/mol. The SMILES string of the molecule is O=C(NC1CCCCC1)NC1CCN(Cc2cccc(C(F)(F)F)c2)CC1. The maximum Gasteiger partial charge on any atom is 0.416 e. The molecule has 1 saturated heterocycles. The minimum Gasteiger partial charge on any atom is -0.335 e. The van der Waals surface area contributed by atoms with Crippen LogP contribution in [-0.2, 0) is 12.7 Å². The number of carbonyl (C=O) groups excluding carboxylic acids is 1. The van der Waals surface area contributed by atoms with Crippen LogP contribution >= 0.6 is 0 Å². The highest BCUT2D eigenvalue weighted by Gasteiger charge is 2.30. The Bertz CT molecular complexity index is 621. The van der Waals surface area contributed by atoms with Crippen molar-refractivity contribution in [3.8, 4) is 0 Å². The van der Waals surface area contributed by atoms with E-state index in [0.29, 0.717) is 18.2 Å². The molecule has 1 aliphatic carbocycles. The van der Waals surface area contributed by atoms with Gasteiger partial charge in [0.1, 0.15) is 0 Å². The highest BCUT2D eigenvalue weighted by molar-refractivity contribution is 5.74. The van der Waals surface area contributed by atoms with E-state index in [1.54, 1.807) is 6.07 Å². The minimum absolute atomic E-state index is 0.0850. The maximum absolute atomic E-state index is 12.8. The third kappa shape index (κ3) is 6.13. The second-order valence-electron chi connectivity index (χ2n) is 7.70. The van der Waals surface area contributed by atoms with E-state index in [4.69, 9.17) is 0 Å². The van der Waals surface area contributed by atoms with Crippen LogP contribution in [0.2, 0.25) is 0 Å². The molecule has 1 saturated carbocycles. The fourth-order valence-corrected chi connectivity index (χ4v) is 4.00. The molecule has 1 heterocycles. The van der Waals surface area contributed by atoms with Crippen LogP contribution in [0.15, 0.2) is 24.3 Å². The van der Waals surface area contributed by atoms with Gasteiger partial charge >= 0.3 is 12.2 Å². The number of halogens is 3. The van der Waals surface area contributed by atoms with Crippen LogP contribution in [0.25, 0.3) is 0 Å². The van der Waals surface area contributed by atoms with Crippen molar-refractivity contribution < 1.29 is 18.0 Å². The number of benzene rings is 1. The molecule has 2 fully saturated rings. The highest BCUT2D eigenvalue weighted by Crippen LogP contribution is 2.30. The fourth-order valence-electron chi connectivity index (χ4n) is 4.00. The van der Waals surface area contributed by atoms with Gasteiger partial charge in [-0.2, -0.15) is 13.2 Å². The minimum atomic E-state index is -4.31. The summed E-state index contributed by atoms with van der Waals surface area (Å²) in [7, 11) is 0. The number of likely N-dealkylation sites (tertiary alicyclic amines) is 1. The van der Waals surface area contributed by atoms with Crippen molar-refractivity contribution in [1.29, 1.82) is 0 Å². The summed E-state index contributed by atoms with van der Waals surface area (Å²) in [6.07, 6.45) is 3.06. The van der Waals surface area contributed by atoms with Crippen LogP contribution in [0.5, 0.6) is 0 Å². The summed E-state index contributed by atoms with van der Waals surface area (Å²) in [6, 6.07) is 5.86. The Balaban J connectivity index is 1.42. The van der Waals surface area contributed by atoms with Crippen molar-refractivity contribution in [3.63, 3.8) is 0 Å². The predicted octanol–water partition coefficient (Wildman–Crippen LogP) is 4.30. The van der Waals surface area contributed by atoms with Gasteiger partial charge in [-0.25, -0.2) is 4.79 Å². The Hall–Kier alpha value is -1.76. The zero-order valence-electron chi connectivity index (χ0n) is 15.5.